The summed E-state index contributed by atoms with van der Waals surface area (Å²) >= 11 is 0. The number of nitrogens with zero attached hydrogens (tertiary/aromatic N) is 2. The normalized spacial score (nSPS) is 13.0. The van der Waals surface area contributed by atoms with E-state index < -0.39 is 0 Å². The minimum atomic E-state index is -0.292. The van der Waals surface area contributed by atoms with Gasteiger partial charge in [-0.3, -0.25) is 9.59 Å². The number of unbranched alkanes of at least 4 members (excludes halogenated alkanes) is 4. The Hall–Kier alpha value is -1.58. The van der Waals surface area contributed by atoms with Gasteiger partial charge in [0.15, 0.2) is 0 Å². The molecule has 0 aromatic rings. The Morgan fingerprint density at radius 2 is 1.68 bits per heavy atom. The van der Waals surface area contributed by atoms with Gasteiger partial charge in [0.1, 0.15) is 0 Å². The summed E-state index contributed by atoms with van der Waals surface area (Å²) in [6.07, 6.45) is 11.8. The highest BCUT2D eigenvalue weighted by Gasteiger charge is 2.16. The van der Waals surface area contributed by atoms with Crippen molar-refractivity contribution in [2.75, 3.05) is 0 Å². The molecule has 120 valence electrons. The fourth-order valence-electron chi connectivity index (χ4n) is 3.17. The first kappa shape index (κ1) is 16.8. The molecule has 2 rings (SSSR count). The summed E-state index contributed by atoms with van der Waals surface area (Å²) in [5.41, 5.74) is 0.0961. The van der Waals surface area contributed by atoms with Crippen LogP contribution in [0.1, 0.15) is 70.9 Å². The van der Waals surface area contributed by atoms with Crippen LogP contribution >= 0.6 is 0 Å². The minimum absolute atomic E-state index is 0.292. The van der Waals surface area contributed by atoms with E-state index in [0.29, 0.717) is 22.0 Å². The van der Waals surface area contributed by atoms with Gasteiger partial charge in [0, 0.05) is 6.20 Å². The Balaban J connectivity index is 2.10. The Bertz CT molecular complexity index is 714. The molecule has 1 atom stereocenters. The number of hydrogen-bond donors (Lipinski definition) is 0. The van der Waals surface area contributed by atoms with E-state index in [4.69, 9.17) is 0 Å². The third-order valence-electron chi connectivity index (χ3n) is 4.46. The summed E-state index contributed by atoms with van der Waals surface area (Å²) in [6, 6.07) is 0. The maximum atomic E-state index is 11.8. The van der Waals surface area contributed by atoms with Gasteiger partial charge in [0.25, 0.3) is 11.1 Å². The van der Waals surface area contributed by atoms with Crippen LogP contribution in [0.15, 0.2) is 15.8 Å². The molecule has 0 amide bonds. The number of rotatable bonds is 10. The SMILES string of the molecule is CCCCCCC(CCCC)Cc1nc(=O)c2cnc(=O)c1=2. The summed E-state index contributed by atoms with van der Waals surface area (Å²) < 4.78 is 0. The molecule has 0 saturated heterocycles. The molecule has 22 heavy (non-hydrogen) atoms. The van der Waals surface area contributed by atoms with Crippen molar-refractivity contribution < 1.29 is 0 Å². The topological polar surface area (TPSA) is 59.9 Å². The van der Waals surface area contributed by atoms with E-state index in [1.165, 1.54) is 44.7 Å². The van der Waals surface area contributed by atoms with Crippen LogP contribution < -0.4 is 11.1 Å². The smallest absolute Gasteiger partial charge is 0.267 e. The van der Waals surface area contributed by atoms with Crippen molar-refractivity contribution in [3.05, 3.63) is 43.0 Å². The zero-order valence-corrected chi connectivity index (χ0v) is 13.7. The van der Waals surface area contributed by atoms with Gasteiger partial charge in [-0.1, -0.05) is 65.2 Å². The van der Waals surface area contributed by atoms with Gasteiger partial charge < -0.3 is 0 Å². The molecule has 0 N–H and O–H groups in total. The van der Waals surface area contributed by atoms with E-state index in [2.05, 4.69) is 23.8 Å². The molecule has 0 spiro atoms. The Morgan fingerprint density at radius 1 is 0.955 bits per heavy atom. The van der Waals surface area contributed by atoms with Crippen molar-refractivity contribution >= 4 is 0 Å². The van der Waals surface area contributed by atoms with E-state index in [1.807, 2.05) is 0 Å². The third-order valence-corrected chi connectivity index (χ3v) is 4.46. The maximum Gasteiger partial charge on any atom is 0.279 e. The average Bonchev–Trinajstić information content (AvgIpc) is 3.03. The van der Waals surface area contributed by atoms with E-state index in [9.17, 15) is 9.59 Å². The van der Waals surface area contributed by atoms with E-state index in [-0.39, 0.29) is 11.1 Å². The van der Waals surface area contributed by atoms with Gasteiger partial charge in [-0.05, 0) is 12.3 Å². The zero-order valence-electron chi connectivity index (χ0n) is 13.7. The fourth-order valence-corrected chi connectivity index (χ4v) is 3.17. The van der Waals surface area contributed by atoms with Crippen molar-refractivity contribution in [2.24, 2.45) is 5.92 Å². The molecule has 1 unspecified atom stereocenters. The molecule has 2 aliphatic rings. The fraction of sp³-hybridized carbons (Fsp3) is 0.667. The number of hydrogen-bond acceptors (Lipinski definition) is 4. The highest BCUT2D eigenvalue weighted by atomic mass is 16.1. The summed E-state index contributed by atoms with van der Waals surface area (Å²) in [7, 11) is 0. The molecule has 0 bridgehead atoms. The van der Waals surface area contributed by atoms with E-state index in [0.717, 1.165) is 19.3 Å². The molecular weight excluding hydrogens is 276 g/mol. The van der Waals surface area contributed by atoms with Crippen LogP contribution in [0, 0.1) is 16.4 Å². The molecule has 0 fully saturated rings. The van der Waals surface area contributed by atoms with E-state index in [1.54, 1.807) is 0 Å². The molecule has 2 aliphatic heterocycles. The predicted molar refractivity (Wildman–Crippen MR) is 87.7 cm³/mol. The monoisotopic (exact) mass is 302 g/mol. The van der Waals surface area contributed by atoms with Crippen LogP contribution in [0.5, 0.6) is 0 Å². The summed E-state index contributed by atoms with van der Waals surface area (Å²) in [5, 5.41) is 0.875. The summed E-state index contributed by atoms with van der Waals surface area (Å²) in [4.78, 5) is 31.5. The quantitative estimate of drug-likeness (QED) is 0.633. The van der Waals surface area contributed by atoms with Gasteiger partial charge in [-0.2, -0.15) is 0 Å². The Morgan fingerprint density at radius 3 is 2.41 bits per heavy atom. The second kappa shape index (κ2) is 8.16. The minimum Gasteiger partial charge on any atom is -0.267 e. The summed E-state index contributed by atoms with van der Waals surface area (Å²) in [5.74, 6) is 0.517. The van der Waals surface area contributed by atoms with Crippen molar-refractivity contribution in [2.45, 2.75) is 71.6 Å². The van der Waals surface area contributed by atoms with Crippen molar-refractivity contribution in [1.29, 1.82) is 0 Å². The molecule has 0 aromatic carbocycles. The molecular formula is C18H26N2O2. The van der Waals surface area contributed by atoms with Crippen LogP contribution in [0.2, 0.25) is 0 Å². The molecule has 0 saturated carbocycles. The Kier molecular flexibility index (Phi) is 6.22. The van der Waals surface area contributed by atoms with Crippen LogP contribution in [-0.2, 0) is 6.42 Å². The third kappa shape index (κ3) is 3.99. The molecule has 0 radical (unpaired) electrons. The van der Waals surface area contributed by atoms with Gasteiger partial charge in [0.2, 0.25) is 0 Å². The predicted octanol–water partition coefficient (Wildman–Crippen LogP) is 3.12. The first-order valence-electron chi connectivity index (χ1n) is 8.62. The maximum absolute atomic E-state index is 11.8. The van der Waals surface area contributed by atoms with E-state index >= 15 is 0 Å². The first-order chi connectivity index (χ1) is 10.7. The largest absolute Gasteiger partial charge is 0.279 e. The molecule has 0 aliphatic carbocycles. The zero-order chi connectivity index (χ0) is 15.9. The lowest BCUT2D eigenvalue weighted by molar-refractivity contribution is 0.407. The van der Waals surface area contributed by atoms with Crippen LogP contribution in [0.3, 0.4) is 0 Å². The van der Waals surface area contributed by atoms with Gasteiger partial charge in [0.05, 0.1) is 16.1 Å². The van der Waals surface area contributed by atoms with Crippen molar-refractivity contribution in [3.63, 3.8) is 0 Å². The molecule has 0 aromatic heterocycles. The van der Waals surface area contributed by atoms with Gasteiger partial charge in [-0.15, -0.1) is 0 Å². The average molecular weight is 302 g/mol. The highest BCUT2D eigenvalue weighted by Crippen LogP contribution is 2.21. The molecule has 4 nitrogen and oxygen atoms in total. The second-order valence-electron chi connectivity index (χ2n) is 6.28. The van der Waals surface area contributed by atoms with Gasteiger partial charge >= 0.3 is 0 Å². The molecule has 4 heteroatoms. The van der Waals surface area contributed by atoms with Crippen LogP contribution in [-0.4, -0.2) is 9.97 Å². The number of aromatic nitrogens is 2. The lowest BCUT2D eigenvalue weighted by Gasteiger charge is -2.15. The summed E-state index contributed by atoms with van der Waals surface area (Å²) in [6.45, 7) is 4.41. The lowest BCUT2D eigenvalue weighted by Crippen LogP contribution is -2.11. The standard InChI is InChI=1S/C18H26N2O2/c1-3-5-7-8-10-13(9-6-4-2)11-15-16-14(17(21)20-15)12-19-18(16)22/h12-13H,3-11H2,1-2H3. The van der Waals surface area contributed by atoms with Crippen LogP contribution in [0.25, 0.3) is 0 Å². The second-order valence-corrected chi connectivity index (χ2v) is 6.28. The lowest BCUT2D eigenvalue weighted by atomic mass is 9.91. The van der Waals surface area contributed by atoms with Crippen molar-refractivity contribution in [1.82, 2.24) is 9.97 Å². The molecule has 2 heterocycles. The van der Waals surface area contributed by atoms with Gasteiger partial charge in [-0.25, -0.2) is 9.97 Å². The first-order valence-corrected chi connectivity index (χ1v) is 8.62. The Labute approximate surface area is 131 Å². The van der Waals surface area contributed by atoms with Crippen LogP contribution in [0.4, 0.5) is 0 Å². The van der Waals surface area contributed by atoms with Crippen molar-refractivity contribution in [3.8, 4) is 0 Å². The highest BCUT2D eigenvalue weighted by molar-refractivity contribution is 5.16.